The van der Waals surface area contributed by atoms with Crippen LogP contribution in [0, 0.1) is 0 Å². The van der Waals surface area contributed by atoms with Gasteiger partial charge >= 0.3 is 0 Å². The molecule has 0 spiro atoms. The van der Waals surface area contributed by atoms with Crippen LogP contribution in [0.3, 0.4) is 0 Å². The number of rotatable bonds is 6. The fraction of sp³-hybridized carbons (Fsp3) is 0.429. The van der Waals surface area contributed by atoms with E-state index in [4.69, 9.17) is 10.2 Å². The molecule has 1 saturated carbocycles. The SMILES string of the molecule is CN(C(=O)CNC(=O)c1ccc(-c2cccc(CN)c2)o1)C1CCCCC1. The van der Waals surface area contributed by atoms with Crippen LogP contribution in [0.2, 0.25) is 0 Å². The van der Waals surface area contributed by atoms with Gasteiger partial charge in [-0.15, -0.1) is 0 Å². The number of carbonyl (C=O) groups excluding carboxylic acids is 2. The van der Waals surface area contributed by atoms with Crippen LogP contribution in [0.15, 0.2) is 40.8 Å². The molecule has 1 aromatic carbocycles. The Kier molecular flexibility index (Phi) is 6.29. The normalized spacial score (nSPS) is 14.7. The van der Waals surface area contributed by atoms with Crippen molar-refractivity contribution in [1.29, 1.82) is 0 Å². The minimum Gasteiger partial charge on any atom is -0.451 e. The van der Waals surface area contributed by atoms with Crippen LogP contribution in [0.5, 0.6) is 0 Å². The van der Waals surface area contributed by atoms with Crippen molar-refractivity contribution in [2.24, 2.45) is 5.73 Å². The van der Waals surface area contributed by atoms with E-state index in [0.717, 1.165) is 36.8 Å². The first-order valence-electron chi connectivity index (χ1n) is 9.51. The number of nitrogens with one attached hydrogen (secondary N) is 1. The summed E-state index contributed by atoms with van der Waals surface area (Å²) in [6, 6.07) is 11.3. The fourth-order valence-corrected chi connectivity index (χ4v) is 3.51. The Bertz CT molecular complexity index is 793. The Hall–Kier alpha value is -2.60. The topological polar surface area (TPSA) is 88.6 Å². The summed E-state index contributed by atoms with van der Waals surface area (Å²) >= 11 is 0. The number of benzene rings is 1. The number of carbonyl (C=O) groups is 2. The summed E-state index contributed by atoms with van der Waals surface area (Å²) in [5, 5.41) is 2.66. The van der Waals surface area contributed by atoms with Crippen LogP contribution in [-0.4, -0.2) is 36.3 Å². The van der Waals surface area contributed by atoms with Crippen molar-refractivity contribution in [1.82, 2.24) is 10.2 Å². The van der Waals surface area contributed by atoms with Crippen LogP contribution in [0.4, 0.5) is 0 Å². The second-order valence-corrected chi connectivity index (χ2v) is 7.05. The van der Waals surface area contributed by atoms with Gasteiger partial charge in [-0.25, -0.2) is 0 Å². The van der Waals surface area contributed by atoms with Crippen LogP contribution in [-0.2, 0) is 11.3 Å². The molecule has 0 aliphatic heterocycles. The third kappa shape index (κ3) is 4.77. The molecular formula is C21H27N3O3. The monoisotopic (exact) mass is 369 g/mol. The summed E-state index contributed by atoms with van der Waals surface area (Å²) in [5.41, 5.74) is 7.52. The summed E-state index contributed by atoms with van der Waals surface area (Å²) in [4.78, 5) is 26.4. The molecule has 1 aromatic heterocycles. The molecule has 0 atom stereocenters. The Balaban J connectivity index is 1.56. The van der Waals surface area contributed by atoms with E-state index in [9.17, 15) is 9.59 Å². The molecule has 27 heavy (non-hydrogen) atoms. The predicted octanol–water partition coefficient (Wildman–Crippen LogP) is 2.93. The molecular weight excluding hydrogens is 342 g/mol. The third-order valence-corrected chi connectivity index (χ3v) is 5.19. The van der Waals surface area contributed by atoms with E-state index >= 15 is 0 Å². The van der Waals surface area contributed by atoms with Gasteiger partial charge in [-0.3, -0.25) is 9.59 Å². The summed E-state index contributed by atoms with van der Waals surface area (Å²) < 4.78 is 5.66. The van der Waals surface area contributed by atoms with Gasteiger partial charge in [0, 0.05) is 25.2 Å². The lowest BCUT2D eigenvalue weighted by Gasteiger charge is -2.31. The Labute approximate surface area is 159 Å². The molecule has 1 aliphatic carbocycles. The quantitative estimate of drug-likeness (QED) is 0.819. The molecule has 3 N–H and O–H groups in total. The zero-order valence-corrected chi connectivity index (χ0v) is 15.7. The molecule has 0 saturated heterocycles. The van der Waals surface area contributed by atoms with Crippen molar-refractivity contribution in [3.63, 3.8) is 0 Å². The number of nitrogens with two attached hydrogens (primary N) is 1. The average Bonchev–Trinajstić information content (AvgIpc) is 3.22. The van der Waals surface area contributed by atoms with Gasteiger partial charge in [0.25, 0.3) is 5.91 Å². The number of hydrogen-bond donors (Lipinski definition) is 2. The van der Waals surface area contributed by atoms with Gasteiger partial charge in [0.1, 0.15) is 5.76 Å². The number of amides is 2. The van der Waals surface area contributed by atoms with Gasteiger partial charge < -0.3 is 20.4 Å². The molecule has 1 fully saturated rings. The van der Waals surface area contributed by atoms with Crippen LogP contribution >= 0.6 is 0 Å². The van der Waals surface area contributed by atoms with Gasteiger partial charge in [-0.05, 0) is 36.6 Å². The molecule has 1 aliphatic rings. The van der Waals surface area contributed by atoms with E-state index in [-0.39, 0.29) is 30.2 Å². The maximum atomic E-state index is 12.3. The molecule has 6 nitrogen and oxygen atoms in total. The van der Waals surface area contributed by atoms with Crippen molar-refractivity contribution in [3.8, 4) is 11.3 Å². The molecule has 2 aromatic rings. The number of furan rings is 1. The second-order valence-electron chi connectivity index (χ2n) is 7.05. The lowest BCUT2D eigenvalue weighted by atomic mass is 9.94. The zero-order valence-electron chi connectivity index (χ0n) is 15.7. The summed E-state index contributed by atoms with van der Waals surface area (Å²) in [7, 11) is 1.82. The highest BCUT2D eigenvalue weighted by Gasteiger charge is 2.22. The highest BCUT2D eigenvalue weighted by Crippen LogP contribution is 2.23. The summed E-state index contributed by atoms with van der Waals surface area (Å²) in [6.45, 7) is 0.420. The lowest BCUT2D eigenvalue weighted by molar-refractivity contribution is -0.131. The molecule has 2 amide bonds. The van der Waals surface area contributed by atoms with Crippen molar-refractivity contribution in [2.45, 2.75) is 44.7 Å². The Morgan fingerprint density at radius 1 is 1.19 bits per heavy atom. The average molecular weight is 369 g/mol. The van der Waals surface area contributed by atoms with Crippen LogP contribution in [0.1, 0.15) is 48.2 Å². The maximum absolute atomic E-state index is 12.3. The lowest BCUT2D eigenvalue weighted by Crippen LogP contribution is -2.44. The number of nitrogens with zero attached hydrogens (tertiary/aromatic N) is 1. The highest BCUT2D eigenvalue weighted by molar-refractivity contribution is 5.94. The van der Waals surface area contributed by atoms with Crippen molar-refractivity contribution < 1.29 is 14.0 Å². The van der Waals surface area contributed by atoms with E-state index < -0.39 is 0 Å². The first kappa shape index (κ1) is 19.2. The van der Waals surface area contributed by atoms with Gasteiger partial charge in [0.15, 0.2) is 5.76 Å². The van der Waals surface area contributed by atoms with Crippen molar-refractivity contribution in [2.75, 3.05) is 13.6 Å². The minimum absolute atomic E-state index is 0.0233. The van der Waals surface area contributed by atoms with Crippen molar-refractivity contribution >= 4 is 11.8 Å². The molecule has 6 heteroatoms. The van der Waals surface area contributed by atoms with E-state index in [1.807, 2.05) is 31.3 Å². The molecule has 3 rings (SSSR count). The van der Waals surface area contributed by atoms with E-state index in [2.05, 4.69) is 5.32 Å². The third-order valence-electron chi connectivity index (χ3n) is 5.19. The van der Waals surface area contributed by atoms with Crippen molar-refractivity contribution in [3.05, 3.63) is 47.7 Å². The first-order valence-corrected chi connectivity index (χ1v) is 9.51. The number of hydrogen-bond acceptors (Lipinski definition) is 4. The van der Waals surface area contributed by atoms with Crippen LogP contribution < -0.4 is 11.1 Å². The summed E-state index contributed by atoms with van der Waals surface area (Å²) in [5.74, 6) is 0.330. The van der Waals surface area contributed by atoms with E-state index in [1.54, 1.807) is 17.0 Å². The standard InChI is InChI=1S/C21H27N3O3/c1-24(17-8-3-2-4-9-17)20(25)14-23-21(26)19-11-10-18(27-19)16-7-5-6-15(12-16)13-22/h5-7,10-12,17H,2-4,8-9,13-14,22H2,1H3,(H,23,26). The highest BCUT2D eigenvalue weighted by atomic mass is 16.3. The predicted molar refractivity (Wildman–Crippen MR) is 104 cm³/mol. The maximum Gasteiger partial charge on any atom is 0.287 e. The van der Waals surface area contributed by atoms with Gasteiger partial charge in [-0.1, -0.05) is 37.5 Å². The Morgan fingerprint density at radius 3 is 2.70 bits per heavy atom. The molecule has 1 heterocycles. The van der Waals surface area contributed by atoms with E-state index in [0.29, 0.717) is 12.3 Å². The molecule has 0 unspecified atom stereocenters. The molecule has 144 valence electrons. The molecule has 0 bridgehead atoms. The summed E-state index contributed by atoms with van der Waals surface area (Å²) in [6.07, 6.45) is 5.65. The fourth-order valence-electron chi connectivity index (χ4n) is 3.51. The van der Waals surface area contributed by atoms with E-state index in [1.165, 1.54) is 6.42 Å². The molecule has 0 radical (unpaired) electrons. The number of likely N-dealkylation sites (N-methyl/N-ethyl adjacent to an activating group) is 1. The van der Waals surface area contributed by atoms with Gasteiger partial charge in [-0.2, -0.15) is 0 Å². The van der Waals surface area contributed by atoms with Gasteiger partial charge in [0.05, 0.1) is 6.54 Å². The smallest absolute Gasteiger partial charge is 0.287 e. The minimum atomic E-state index is -0.387. The Morgan fingerprint density at radius 2 is 1.96 bits per heavy atom. The zero-order chi connectivity index (χ0) is 19.2. The first-order chi connectivity index (χ1) is 13.1. The van der Waals surface area contributed by atoms with Crippen LogP contribution in [0.25, 0.3) is 11.3 Å². The largest absolute Gasteiger partial charge is 0.451 e. The second kappa shape index (κ2) is 8.86. The van der Waals surface area contributed by atoms with Gasteiger partial charge in [0.2, 0.25) is 5.91 Å².